The second-order valence-electron chi connectivity index (χ2n) is 4.11. The van der Waals surface area contributed by atoms with E-state index in [2.05, 4.69) is 25.4 Å². The molecule has 0 bridgehead atoms. The van der Waals surface area contributed by atoms with Crippen molar-refractivity contribution < 1.29 is 4.39 Å². The molecule has 0 aliphatic heterocycles. The summed E-state index contributed by atoms with van der Waals surface area (Å²) in [4.78, 5) is 12.7. The van der Waals surface area contributed by atoms with Gasteiger partial charge in [0, 0.05) is 25.0 Å². The van der Waals surface area contributed by atoms with E-state index in [-0.39, 0.29) is 5.82 Å². The van der Waals surface area contributed by atoms with Crippen LogP contribution in [0.25, 0.3) is 17.3 Å². The zero-order valence-corrected chi connectivity index (χ0v) is 11.7. The zero-order chi connectivity index (χ0) is 14.8. The first-order valence-electron chi connectivity index (χ1n) is 6.06. The van der Waals surface area contributed by atoms with Gasteiger partial charge in [0.05, 0.1) is 5.02 Å². The Hall–Kier alpha value is -2.54. The standard InChI is InChI=1S/C13H10ClFN6/c1-16-12-18-11(9-7-8(15)3-4-10(9)14)19-13(20-12)21-6-2-5-17-21/h2-7H,1H3,(H,16,18,19,20). The highest BCUT2D eigenvalue weighted by molar-refractivity contribution is 6.33. The van der Waals surface area contributed by atoms with Crippen LogP contribution in [-0.4, -0.2) is 31.8 Å². The fourth-order valence-electron chi connectivity index (χ4n) is 1.76. The van der Waals surface area contributed by atoms with E-state index in [1.165, 1.54) is 22.9 Å². The van der Waals surface area contributed by atoms with Crippen molar-refractivity contribution in [1.29, 1.82) is 0 Å². The van der Waals surface area contributed by atoms with Crippen LogP contribution in [0.15, 0.2) is 36.7 Å². The predicted octanol–water partition coefficient (Wildman–Crippen LogP) is 2.56. The number of halogens is 2. The van der Waals surface area contributed by atoms with Gasteiger partial charge in [0.2, 0.25) is 5.95 Å². The van der Waals surface area contributed by atoms with Crippen molar-refractivity contribution in [2.75, 3.05) is 12.4 Å². The third-order valence-corrected chi connectivity index (χ3v) is 3.06. The first-order chi connectivity index (χ1) is 10.2. The quantitative estimate of drug-likeness (QED) is 0.805. The molecule has 2 aromatic heterocycles. The van der Waals surface area contributed by atoms with E-state index in [0.29, 0.717) is 22.5 Å². The molecule has 0 spiro atoms. The highest BCUT2D eigenvalue weighted by atomic mass is 35.5. The van der Waals surface area contributed by atoms with Gasteiger partial charge in [-0.1, -0.05) is 11.6 Å². The Morgan fingerprint density at radius 1 is 1.24 bits per heavy atom. The summed E-state index contributed by atoms with van der Waals surface area (Å²) >= 11 is 6.09. The molecule has 3 aromatic rings. The Morgan fingerprint density at radius 3 is 2.81 bits per heavy atom. The maximum Gasteiger partial charge on any atom is 0.255 e. The fraction of sp³-hybridized carbons (Fsp3) is 0.0769. The van der Waals surface area contributed by atoms with Crippen molar-refractivity contribution in [3.05, 3.63) is 47.5 Å². The Bertz CT molecular complexity index is 774. The Labute approximate surface area is 124 Å². The number of hydrogen-bond donors (Lipinski definition) is 1. The molecule has 1 aromatic carbocycles. The maximum atomic E-state index is 13.4. The molecule has 0 fully saturated rings. The summed E-state index contributed by atoms with van der Waals surface area (Å²) in [5, 5.41) is 7.26. The first kappa shape index (κ1) is 13.4. The number of hydrogen-bond acceptors (Lipinski definition) is 5. The number of anilines is 1. The van der Waals surface area contributed by atoms with Gasteiger partial charge in [-0.15, -0.1) is 0 Å². The monoisotopic (exact) mass is 304 g/mol. The minimum Gasteiger partial charge on any atom is -0.357 e. The Morgan fingerprint density at radius 2 is 2.10 bits per heavy atom. The van der Waals surface area contributed by atoms with Crippen molar-refractivity contribution >= 4 is 17.5 Å². The van der Waals surface area contributed by atoms with E-state index in [1.807, 2.05) is 0 Å². The lowest BCUT2D eigenvalue weighted by molar-refractivity contribution is 0.628. The topological polar surface area (TPSA) is 68.5 Å². The number of aromatic nitrogens is 5. The lowest BCUT2D eigenvalue weighted by Gasteiger charge is -2.08. The van der Waals surface area contributed by atoms with Crippen LogP contribution in [0, 0.1) is 5.82 Å². The summed E-state index contributed by atoms with van der Waals surface area (Å²) in [5.74, 6) is 0.506. The molecule has 0 saturated heterocycles. The van der Waals surface area contributed by atoms with Gasteiger partial charge >= 0.3 is 0 Å². The van der Waals surface area contributed by atoms with E-state index in [0.717, 1.165) is 0 Å². The van der Waals surface area contributed by atoms with Gasteiger partial charge in [-0.05, 0) is 24.3 Å². The van der Waals surface area contributed by atoms with Crippen LogP contribution in [0.3, 0.4) is 0 Å². The van der Waals surface area contributed by atoms with Crippen LogP contribution >= 0.6 is 11.6 Å². The lowest BCUT2D eigenvalue weighted by atomic mass is 10.2. The maximum absolute atomic E-state index is 13.4. The number of rotatable bonds is 3. The van der Waals surface area contributed by atoms with Crippen molar-refractivity contribution in [3.8, 4) is 17.3 Å². The van der Waals surface area contributed by atoms with Crippen molar-refractivity contribution in [2.45, 2.75) is 0 Å². The molecule has 0 unspecified atom stereocenters. The molecule has 21 heavy (non-hydrogen) atoms. The summed E-state index contributed by atoms with van der Waals surface area (Å²) in [6.07, 6.45) is 3.31. The molecule has 1 N–H and O–H groups in total. The van der Waals surface area contributed by atoms with E-state index >= 15 is 0 Å². The minimum absolute atomic E-state index is 0.268. The van der Waals surface area contributed by atoms with E-state index < -0.39 is 5.82 Å². The van der Waals surface area contributed by atoms with Gasteiger partial charge in [0.15, 0.2) is 5.82 Å². The summed E-state index contributed by atoms with van der Waals surface area (Å²) < 4.78 is 14.9. The summed E-state index contributed by atoms with van der Waals surface area (Å²) in [7, 11) is 1.68. The smallest absolute Gasteiger partial charge is 0.255 e. The van der Waals surface area contributed by atoms with Gasteiger partial charge in [-0.2, -0.15) is 20.1 Å². The van der Waals surface area contributed by atoms with Crippen molar-refractivity contribution in [1.82, 2.24) is 24.7 Å². The van der Waals surface area contributed by atoms with Gasteiger partial charge in [0.25, 0.3) is 5.95 Å². The molecule has 6 nitrogen and oxygen atoms in total. The molecule has 0 radical (unpaired) electrons. The van der Waals surface area contributed by atoms with Gasteiger partial charge in [-0.25, -0.2) is 9.07 Å². The van der Waals surface area contributed by atoms with Crippen molar-refractivity contribution in [2.24, 2.45) is 0 Å². The van der Waals surface area contributed by atoms with Crippen LogP contribution in [0.4, 0.5) is 10.3 Å². The molecule has 8 heteroatoms. The van der Waals surface area contributed by atoms with Gasteiger partial charge in [0.1, 0.15) is 5.82 Å². The third-order valence-electron chi connectivity index (χ3n) is 2.73. The molecule has 2 heterocycles. The van der Waals surface area contributed by atoms with Crippen LogP contribution in [0.1, 0.15) is 0 Å². The average Bonchev–Trinajstić information content (AvgIpc) is 3.03. The molecular formula is C13H10ClFN6. The van der Waals surface area contributed by atoms with Crippen LogP contribution in [-0.2, 0) is 0 Å². The minimum atomic E-state index is -0.415. The number of benzene rings is 1. The normalized spacial score (nSPS) is 10.6. The Kier molecular flexibility index (Phi) is 3.49. The third kappa shape index (κ3) is 2.68. The van der Waals surface area contributed by atoms with Crippen LogP contribution in [0.5, 0.6) is 0 Å². The predicted molar refractivity (Wildman–Crippen MR) is 76.9 cm³/mol. The average molecular weight is 305 g/mol. The zero-order valence-electron chi connectivity index (χ0n) is 11.0. The fourth-order valence-corrected chi connectivity index (χ4v) is 1.96. The summed E-state index contributed by atoms with van der Waals surface area (Å²) in [6, 6.07) is 5.77. The van der Waals surface area contributed by atoms with Crippen molar-refractivity contribution in [3.63, 3.8) is 0 Å². The molecule has 106 valence electrons. The lowest BCUT2D eigenvalue weighted by Crippen LogP contribution is -2.08. The molecule has 0 amide bonds. The van der Waals surface area contributed by atoms with Gasteiger partial charge < -0.3 is 5.32 Å². The first-order valence-corrected chi connectivity index (χ1v) is 6.44. The molecular weight excluding hydrogens is 295 g/mol. The second-order valence-corrected chi connectivity index (χ2v) is 4.51. The SMILES string of the molecule is CNc1nc(-c2cc(F)ccc2Cl)nc(-n2cccn2)n1. The van der Waals surface area contributed by atoms with E-state index in [4.69, 9.17) is 11.6 Å². The second kappa shape index (κ2) is 5.45. The van der Waals surface area contributed by atoms with Gasteiger partial charge in [-0.3, -0.25) is 0 Å². The summed E-state index contributed by atoms with van der Waals surface area (Å²) in [5.41, 5.74) is 0.393. The largest absolute Gasteiger partial charge is 0.357 e. The molecule has 0 aliphatic rings. The number of nitrogens with one attached hydrogen (secondary N) is 1. The van der Waals surface area contributed by atoms with E-state index in [9.17, 15) is 4.39 Å². The molecule has 0 saturated carbocycles. The highest BCUT2D eigenvalue weighted by Crippen LogP contribution is 2.26. The molecule has 0 aliphatic carbocycles. The molecule has 0 atom stereocenters. The number of nitrogens with zero attached hydrogens (tertiary/aromatic N) is 5. The molecule has 3 rings (SSSR count). The van der Waals surface area contributed by atoms with Crippen LogP contribution in [0.2, 0.25) is 5.02 Å². The summed E-state index contributed by atoms with van der Waals surface area (Å²) in [6.45, 7) is 0. The van der Waals surface area contributed by atoms with Crippen LogP contribution < -0.4 is 5.32 Å². The van der Waals surface area contributed by atoms with E-state index in [1.54, 1.807) is 25.5 Å². The Balaban J connectivity index is 2.18. The highest BCUT2D eigenvalue weighted by Gasteiger charge is 2.13.